The molecule has 59 valence electrons. The Morgan fingerprint density at radius 3 is 1.27 bits per heavy atom. The first-order chi connectivity index (χ1) is 4.46. The topological polar surface area (TPSA) is 74.6 Å². The molecule has 0 amide bonds. The van der Waals surface area contributed by atoms with E-state index in [9.17, 15) is 9.59 Å². The van der Waals surface area contributed by atoms with Crippen LogP contribution in [0.4, 0.5) is 0 Å². The standard InChI is InChI=1S/C4H6O4S2.Na/c5-3(6)1(9)2(10)4(7)8;/h1-2,9-10H,(H,5,6)(H,7,8);. The fraction of sp³-hybridized carbons (Fsp3) is 0.500. The molecule has 0 rings (SSSR count). The molecule has 11 heavy (non-hydrogen) atoms. The second-order valence-corrected chi connectivity index (χ2v) is 2.68. The molecule has 2 unspecified atom stereocenters. The summed E-state index contributed by atoms with van der Waals surface area (Å²) < 4.78 is 0. The van der Waals surface area contributed by atoms with Crippen LogP contribution in [0.1, 0.15) is 0 Å². The van der Waals surface area contributed by atoms with Crippen molar-refractivity contribution >= 4 is 66.8 Å². The first kappa shape index (κ1) is 14.2. The SMILES string of the molecule is O=C(O)C(S)C(S)C(=O)O.[Na]. The van der Waals surface area contributed by atoms with Crippen molar-refractivity contribution in [3.8, 4) is 0 Å². The fourth-order valence-corrected chi connectivity index (χ4v) is 0.525. The van der Waals surface area contributed by atoms with Gasteiger partial charge < -0.3 is 10.2 Å². The molecule has 0 aromatic carbocycles. The summed E-state index contributed by atoms with van der Waals surface area (Å²) in [6, 6.07) is 0. The summed E-state index contributed by atoms with van der Waals surface area (Å²) in [4.78, 5) is 20.1. The van der Waals surface area contributed by atoms with Gasteiger partial charge in [0.2, 0.25) is 0 Å². The third kappa shape index (κ3) is 4.97. The van der Waals surface area contributed by atoms with Crippen molar-refractivity contribution in [2.75, 3.05) is 0 Å². The van der Waals surface area contributed by atoms with Crippen LogP contribution in [0.25, 0.3) is 0 Å². The maximum absolute atomic E-state index is 10.1. The van der Waals surface area contributed by atoms with Gasteiger partial charge >= 0.3 is 11.9 Å². The van der Waals surface area contributed by atoms with E-state index in [-0.39, 0.29) is 29.6 Å². The van der Waals surface area contributed by atoms with Crippen LogP contribution in [0.5, 0.6) is 0 Å². The van der Waals surface area contributed by atoms with Gasteiger partial charge in [-0.25, -0.2) is 0 Å². The smallest absolute Gasteiger partial charge is 0.318 e. The molecule has 1 radical (unpaired) electrons. The van der Waals surface area contributed by atoms with Gasteiger partial charge in [-0.3, -0.25) is 9.59 Å². The number of carboxylic acid groups (broad SMARTS) is 2. The Bertz CT molecular complexity index is 144. The summed E-state index contributed by atoms with van der Waals surface area (Å²) >= 11 is 7.00. The van der Waals surface area contributed by atoms with Gasteiger partial charge in [0.05, 0.1) is 0 Å². The average molecular weight is 205 g/mol. The first-order valence-corrected chi connectivity index (χ1v) is 3.32. The van der Waals surface area contributed by atoms with Crippen LogP contribution in [-0.4, -0.2) is 62.2 Å². The monoisotopic (exact) mass is 205 g/mol. The minimum absolute atomic E-state index is 0. The molecule has 0 aromatic rings. The van der Waals surface area contributed by atoms with Crippen molar-refractivity contribution in [2.45, 2.75) is 10.5 Å². The summed E-state index contributed by atoms with van der Waals surface area (Å²) in [6.45, 7) is 0. The van der Waals surface area contributed by atoms with Gasteiger partial charge in [-0.15, -0.1) is 0 Å². The van der Waals surface area contributed by atoms with Gasteiger partial charge in [-0.05, 0) is 0 Å². The summed E-state index contributed by atoms with van der Waals surface area (Å²) in [6.07, 6.45) is 0. The third-order valence-electron chi connectivity index (χ3n) is 0.805. The van der Waals surface area contributed by atoms with Crippen LogP contribution in [0, 0.1) is 0 Å². The Labute approximate surface area is 96.5 Å². The number of carboxylic acids is 2. The molecule has 0 bridgehead atoms. The molecule has 0 aromatic heterocycles. The second-order valence-electron chi connectivity index (χ2n) is 1.57. The molecule has 0 heterocycles. The van der Waals surface area contributed by atoms with E-state index in [1.165, 1.54) is 0 Å². The van der Waals surface area contributed by atoms with Gasteiger partial charge in [0.1, 0.15) is 10.5 Å². The minimum atomic E-state index is -1.29. The predicted octanol–water partition coefficient (Wildman–Crippen LogP) is -0.628. The summed E-state index contributed by atoms with van der Waals surface area (Å²) in [7, 11) is 0. The van der Waals surface area contributed by atoms with Gasteiger partial charge in [0.15, 0.2) is 0 Å². The van der Waals surface area contributed by atoms with Gasteiger partial charge in [0.25, 0.3) is 0 Å². The van der Waals surface area contributed by atoms with E-state index in [0.717, 1.165) is 0 Å². The number of rotatable bonds is 3. The Hall–Kier alpha value is 0.640. The zero-order chi connectivity index (χ0) is 8.31. The molecule has 0 aliphatic carbocycles. The number of thiol groups is 2. The molecule has 0 saturated heterocycles. The number of aliphatic carboxylic acids is 2. The van der Waals surface area contributed by atoms with Crippen molar-refractivity contribution in [1.29, 1.82) is 0 Å². The van der Waals surface area contributed by atoms with Gasteiger partial charge in [-0.2, -0.15) is 25.3 Å². The zero-order valence-corrected chi connectivity index (χ0v) is 9.55. The molecular weight excluding hydrogens is 199 g/mol. The predicted molar refractivity (Wildman–Crippen MR) is 46.6 cm³/mol. The molecule has 0 aliphatic rings. The Balaban J connectivity index is 0. The van der Waals surface area contributed by atoms with E-state index in [4.69, 9.17) is 10.2 Å². The van der Waals surface area contributed by atoms with Gasteiger partial charge in [0, 0.05) is 29.6 Å². The van der Waals surface area contributed by atoms with Crippen molar-refractivity contribution in [2.24, 2.45) is 0 Å². The van der Waals surface area contributed by atoms with E-state index in [1.807, 2.05) is 0 Å². The normalized spacial score (nSPS) is 14.4. The maximum atomic E-state index is 10.1. The molecule has 0 aliphatic heterocycles. The van der Waals surface area contributed by atoms with Crippen LogP contribution in [0.2, 0.25) is 0 Å². The van der Waals surface area contributed by atoms with Crippen LogP contribution < -0.4 is 0 Å². The number of carbonyl (C=O) groups is 2. The third-order valence-corrected chi connectivity index (χ3v) is 2.08. The molecule has 7 heteroatoms. The largest absolute Gasteiger partial charge is 0.480 e. The second kappa shape index (κ2) is 6.19. The van der Waals surface area contributed by atoms with Crippen molar-refractivity contribution in [3.05, 3.63) is 0 Å². The maximum Gasteiger partial charge on any atom is 0.318 e. The number of hydrogen-bond acceptors (Lipinski definition) is 4. The van der Waals surface area contributed by atoms with E-state index >= 15 is 0 Å². The van der Waals surface area contributed by atoms with Crippen LogP contribution >= 0.6 is 25.3 Å². The van der Waals surface area contributed by atoms with E-state index in [0.29, 0.717) is 0 Å². The first-order valence-electron chi connectivity index (χ1n) is 2.28. The van der Waals surface area contributed by atoms with Crippen molar-refractivity contribution in [1.82, 2.24) is 0 Å². The van der Waals surface area contributed by atoms with E-state index in [2.05, 4.69) is 25.3 Å². The van der Waals surface area contributed by atoms with Crippen molar-refractivity contribution < 1.29 is 19.8 Å². The molecule has 2 N–H and O–H groups in total. The van der Waals surface area contributed by atoms with Crippen LogP contribution in [-0.2, 0) is 9.59 Å². The summed E-state index contributed by atoms with van der Waals surface area (Å²) in [5.41, 5.74) is 0. The van der Waals surface area contributed by atoms with E-state index < -0.39 is 22.4 Å². The Kier molecular flexibility index (Phi) is 7.98. The van der Waals surface area contributed by atoms with Crippen LogP contribution in [0.3, 0.4) is 0 Å². The average Bonchev–Trinajstić information content (AvgIpc) is 1.84. The summed E-state index contributed by atoms with van der Waals surface area (Å²) in [5.74, 6) is -2.57. The van der Waals surface area contributed by atoms with E-state index in [1.54, 1.807) is 0 Å². The molecule has 0 saturated carbocycles. The minimum Gasteiger partial charge on any atom is -0.480 e. The summed E-state index contributed by atoms with van der Waals surface area (Å²) in [5, 5.41) is 13.9. The fourth-order valence-electron chi connectivity index (χ4n) is 0.270. The van der Waals surface area contributed by atoms with Crippen molar-refractivity contribution in [3.63, 3.8) is 0 Å². The van der Waals surface area contributed by atoms with Crippen LogP contribution in [0.15, 0.2) is 0 Å². The molecule has 4 nitrogen and oxygen atoms in total. The van der Waals surface area contributed by atoms with Gasteiger partial charge in [-0.1, -0.05) is 0 Å². The molecular formula is C4H6NaO4S2. The quantitative estimate of drug-likeness (QED) is 0.365. The Morgan fingerprint density at radius 2 is 1.18 bits per heavy atom. The zero-order valence-electron chi connectivity index (χ0n) is 5.76. The molecule has 2 atom stereocenters. The number of hydrogen-bond donors (Lipinski definition) is 4. The molecule has 0 fully saturated rings. The molecule has 0 spiro atoms. The Morgan fingerprint density at radius 1 is 1.00 bits per heavy atom.